The first kappa shape index (κ1) is 8.64. The first-order valence-corrected chi connectivity index (χ1v) is 5.86. The van der Waals surface area contributed by atoms with Gasteiger partial charge in [-0.15, -0.1) is 24.0 Å². The fraction of sp³-hybridized carbons (Fsp3) is 0.600. The molecule has 0 saturated carbocycles. The molecular formula is C10H14S2. The summed E-state index contributed by atoms with van der Waals surface area (Å²) in [5, 5.41) is 0. The summed E-state index contributed by atoms with van der Waals surface area (Å²) < 4.78 is 1.19. The summed E-state index contributed by atoms with van der Waals surface area (Å²) in [6, 6.07) is 2.25. The van der Waals surface area contributed by atoms with Crippen molar-refractivity contribution in [1.29, 1.82) is 0 Å². The maximum Gasteiger partial charge on any atom is 0.0573 e. The molecule has 1 heterocycles. The molecule has 2 rings (SSSR count). The predicted molar refractivity (Wildman–Crippen MR) is 57.4 cm³/mol. The topological polar surface area (TPSA) is 0 Å². The van der Waals surface area contributed by atoms with E-state index in [0.717, 1.165) is 5.92 Å². The Kier molecular flexibility index (Phi) is 2.47. The van der Waals surface area contributed by atoms with Gasteiger partial charge >= 0.3 is 0 Å². The Bertz CT molecular complexity index is 275. The molecule has 1 atom stereocenters. The number of fused-ring (bicyclic) bond motifs is 1. The molecule has 2 heteroatoms. The molecule has 66 valence electrons. The highest BCUT2D eigenvalue weighted by Gasteiger charge is 2.18. The minimum absolute atomic E-state index is 0.930. The van der Waals surface area contributed by atoms with Crippen molar-refractivity contribution in [3.05, 3.63) is 16.5 Å². The fourth-order valence-corrected chi connectivity index (χ4v) is 3.37. The summed E-state index contributed by atoms with van der Waals surface area (Å²) >= 11 is 6.25. The van der Waals surface area contributed by atoms with E-state index in [1.165, 1.54) is 29.9 Å². The van der Waals surface area contributed by atoms with Crippen molar-refractivity contribution in [2.75, 3.05) is 0 Å². The molecule has 0 radical (unpaired) electrons. The molecule has 0 aromatic carbocycles. The third-order valence-electron chi connectivity index (χ3n) is 2.75. The van der Waals surface area contributed by atoms with Crippen LogP contribution >= 0.6 is 24.0 Å². The minimum Gasteiger partial charge on any atom is -0.134 e. The third-order valence-corrected chi connectivity index (χ3v) is 4.19. The van der Waals surface area contributed by atoms with Crippen LogP contribution in [-0.4, -0.2) is 0 Å². The SMILES string of the molecule is CCC1CCc2sc(S)cc2C1. The highest BCUT2D eigenvalue weighted by atomic mass is 32.2. The number of hydrogen-bond acceptors (Lipinski definition) is 2. The van der Waals surface area contributed by atoms with Crippen molar-refractivity contribution in [1.82, 2.24) is 0 Å². The summed E-state index contributed by atoms with van der Waals surface area (Å²) in [6.07, 6.45) is 5.30. The van der Waals surface area contributed by atoms with Crippen LogP contribution in [0.25, 0.3) is 0 Å². The van der Waals surface area contributed by atoms with Gasteiger partial charge in [-0.25, -0.2) is 0 Å². The average Bonchev–Trinajstić information content (AvgIpc) is 2.43. The van der Waals surface area contributed by atoms with E-state index in [-0.39, 0.29) is 0 Å². The van der Waals surface area contributed by atoms with Crippen molar-refractivity contribution in [3.63, 3.8) is 0 Å². The molecule has 0 spiro atoms. The van der Waals surface area contributed by atoms with E-state index in [9.17, 15) is 0 Å². The van der Waals surface area contributed by atoms with E-state index in [0.29, 0.717) is 0 Å². The lowest BCUT2D eigenvalue weighted by molar-refractivity contribution is 0.449. The first-order valence-electron chi connectivity index (χ1n) is 4.60. The summed E-state index contributed by atoms with van der Waals surface area (Å²) in [6.45, 7) is 2.30. The molecule has 0 amide bonds. The second-order valence-corrected chi connectivity index (χ2v) is 5.47. The maximum atomic E-state index is 4.39. The highest BCUT2D eigenvalue weighted by Crippen LogP contribution is 2.34. The summed E-state index contributed by atoms with van der Waals surface area (Å²) in [5.41, 5.74) is 1.57. The number of rotatable bonds is 1. The van der Waals surface area contributed by atoms with Crippen molar-refractivity contribution >= 4 is 24.0 Å². The summed E-state index contributed by atoms with van der Waals surface area (Å²) in [7, 11) is 0. The monoisotopic (exact) mass is 198 g/mol. The van der Waals surface area contributed by atoms with Gasteiger partial charge in [0.1, 0.15) is 0 Å². The summed E-state index contributed by atoms with van der Waals surface area (Å²) in [4.78, 5) is 1.59. The molecule has 0 saturated heterocycles. The molecule has 0 fully saturated rings. The van der Waals surface area contributed by atoms with Crippen LogP contribution in [0.15, 0.2) is 10.3 Å². The Hall–Kier alpha value is 0.0500. The second-order valence-electron chi connectivity index (χ2n) is 3.55. The van der Waals surface area contributed by atoms with E-state index in [1.54, 1.807) is 10.4 Å². The molecule has 0 nitrogen and oxygen atoms in total. The van der Waals surface area contributed by atoms with Gasteiger partial charge in [0.05, 0.1) is 4.21 Å². The molecule has 1 aromatic rings. The smallest absolute Gasteiger partial charge is 0.0573 e. The van der Waals surface area contributed by atoms with Crippen molar-refractivity contribution in [2.24, 2.45) is 5.92 Å². The Balaban J connectivity index is 2.22. The van der Waals surface area contributed by atoms with Gasteiger partial charge in [-0.3, -0.25) is 0 Å². The maximum absolute atomic E-state index is 4.39. The standard InChI is InChI=1S/C10H14S2/c1-2-7-3-4-9-8(5-7)6-10(11)12-9/h6-7,11H,2-5H2,1H3. The van der Waals surface area contributed by atoms with Crippen molar-refractivity contribution in [2.45, 2.75) is 36.8 Å². The highest BCUT2D eigenvalue weighted by molar-refractivity contribution is 7.82. The van der Waals surface area contributed by atoms with Gasteiger partial charge in [-0.05, 0) is 36.8 Å². The van der Waals surface area contributed by atoms with E-state index >= 15 is 0 Å². The van der Waals surface area contributed by atoms with Gasteiger partial charge in [-0.1, -0.05) is 13.3 Å². The molecular weight excluding hydrogens is 184 g/mol. The lowest BCUT2D eigenvalue weighted by Crippen LogP contribution is -2.10. The van der Waals surface area contributed by atoms with Gasteiger partial charge in [0, 0.05) is 4.88 Å². The lowest BCUT2D eigenvalue weighted by atomic mass is 9.87. The van der Waals surface area contributed by atoms with Gasteiger partial charge in [-0.2, -0.15) is 0 Å². The second kappa shape index (κ2) is 3.43. The predicted octanol–water partition coefficient (Wildman–Crippen LogP) is 3.55. The zero-order chi connectivity index (χ0) is 8.55. The van der Waals surface area contributed by atoms with Gasteiger partial charge in [0.25, 0.3) is 0 Å². The Morgan fingerprint density at radius 2 is 2.50 bits per heavy atom. The van der Waals surface area contributed by atoms with Crippen LogP contribution in [0.1, 0.15) is 30.2 Å². The largest absolute Gasteiger partial charge is 0.134 e. The number of thiol groups is 1. The van der Waals surface area contributed by atoms with Crippen LogP contribution in [0.5, 0.6) is 0 Å². The van der Waals surface area contributed by atoms with Crippen LogP contribution in [0.4, 0.5) is 0 Å². The fourth-order valence-electron chi connectivity index (χ4n) is 1.93. The molecule has 1 aromatic heterocycles. The first-order chi connectivity index (χ1) is 5.79. The minimum atomic E-state index is 0.930. The van der Waals surface area contributed by atoms with Crippen LogP contribution in [0.2, 0.25) is 0 Å². The molecule has 0 aliphatic heterocycles. The molecule has 0 N–H and O–H groups in total. The zero-order valence-corrected chi connectivity index (χ0v) is 9.05. The Morgan fingerprint density at radius 1 is 1.67 bits per heavy atom. The zero-order valence-electron chi connectivity index (χ0n) is 7.34. The Morgan fingerprint density at radius 3 is 3.25 bits per heavy atom. The van der Waals surface area contributed by atoms with Crippen molar-refractivity contribution in [3.8, 4) is 0 Å². The van der Waals surface area contributed by atoms with Crippen LogP contribution in [-0.2, 0) is 12.8 Å². The number of thiophene rings is 1. The third kappa shape index (κ3) is 1.55. The van der Waals surface area contributed by atoms with Crippen LogP contribution in [0, 0.1) is 5.92 Å². The number of aryl methyl sites for hydroxylation is 1. The van der Waals surface area contributed by atoms with E-state index in [2.05, 4.69) is 25.6 Å². The van der Waals surface area contributed by atoms with E-state index < -0.39 is 0 Å². The van der Waals surface area contributed by atoms with Crippen LogP contribution < -0.4 is 0 Å². The van der Waals surface area contributed by atoms with E-state index in [1.807, 2.05) is 11.3 Å². The quantitative estimate of drug-likeness (QED) is 0.655. The van der Waals surface area contributed by atoms with Gasteiger partial charge < -0.3 is 0 Å². The number of hydrogen-bond donors (Lipinski definition) is 1. The van der Waals surface area contributed by atoms with Crippen LogP contribution in [0.3, 0.4) is 0 Å². The van der Waals surface area contributed by atoms with Gasteiger partial charge in [0.2, 0.25) is 0 Å². The van der Waals surface area contributed by atoms with Gasteiger partial charge in [0.15, 0.2) is 0 Å². The van der Waals surface area contributed by atoms with E-state index in [4.69, 9.17) is 0 Å². The molecule has 1 aliphatic rings. The summed E-state index contributed by atoms with van der Waals surface area (Å²) in [5.74, 6) is 0.930. The Labute approximate surface area is 83.4 Å². The molecule has 1 aliphatic carbocycles. The molecule has 1 unspecified atom stereocenters. The normalized spacial score (nSPS) is 22.3. The molecule has 0 bridgehead atoms. The average molecular weight is 198 g/mol. The molecule has 12 heavy (non-hydrogen) atoms. The lowest BCUT2D eigenvalue weighted by Gasteiger charge is -2.19. The van der Waals surface area contributed by atoms with Crippen molar-refractivity contribution < 1.29 is 0 Å².